The molecule has 0 saturated heterocycles. The van der Waals surface area contributed by atoms with Crippen LogP contribution in [0.2, 0.25) is 5.15 Å². The number of alkyl halides is 5. The highest BCUT2D eigenvalue weighted by Gasteiger charge is 2.34. The van der Waals surface area contributed by atoms with Gasteiger partial charge in [-0.15, -0.1) is 13.2 Å². The Kier molecular flexibility index (Phi) is 5.97. The number of nitrogens with one attached hydrogen (secondary N) is 2. The molecule has 0 aromatic carbocycles. The second-order valence-corrected chi connectivity index (χ2v) is 7.88. The number of carbonyl (C=O) groups is 1. The van der Waals surface area contributed by atoms with Crippen LogP contribution in [0.3, 0.4) is 0 Å². The predicted molar refractivity (Wildman–Crippen MR) is 106 cm³/mol. The largest absolute Gasteiger partial charge is 0.504 e. The zero-order chi connectivity index (χ0) is 23.0. The van der Waals surface area contributed by atoms with Gasteiger partial charge in [-0.2, -0.15) is 9.78 Å². The Morgan fingerprint density at radius 1 is 1.12 bits per heavy atom. The van der Waals surface area contributed by atoms with Crippen LogP contribution in [-0.4, -0.2) is 37.2 Å². The Balaban J connectivity index is 1.35. The van der Waals surface area contributed by atoms with E-state index >= 15 is 0 Å². The molecular weight excluding hydrogens is 459 g/mol. The quantitative estimate of drug-likeness (QED) is 0.521. The van der Waals surface area contributed by atoms with E-state index < -0.39 is 23.8 Å². The highest BCUT2D eigenvalue weighted by molar-refractivity contribution is 6.32. The molecule has 1 fully saturated rings. The number of hydrogen-bond donors (Lipinski definition) is 2. The van der Waals surface area contributed by atoms with Crippen molar-refractivity contribution >= 4 is 29.0 Å². The Morgan fingerprint density at radius 2 is 1.81 bits per heavy atom. The van der Waals surface area contributed by atoms with Gasteiger partial charge in [-0.25, -0.2) is 13.8 Å². The summed E-state index contributed by atoms with van der Waals surface area (Å²) >= 11 is 5.69. The molecule has 0 radical (unpaired) electrons. The van der Waals surface area contributed by atoms with Crippen molar-refractivity contribution in [1.29, 1.82) is 0 Å². The van der Waals surface area contributed by atoms with E-state index in [0.717, 1.165) is 0 Å². The number of halogens is 6. The van der Waals surface area contributed by atoms with Crippen LogP contribution < -0.4 is 10.6 Å². The highest BCUT2D eigenvalue weighted by atomic mass is 35.5. The molecule has 32 heavy (non-hydrogen) atoms. The van der Waals surface area contributed by atoms with Gasteiger partial charge in [0.2, 0.25) is 0 Å². The van der Waals surface area contributed by atoms with E-state index in [9.17, 15) is 26.7 Å². The van der Waals surface area contributed by atoms with E-state index in [2.05, 4.69) is 20.7 Å². The van der Waals surface area contributed by atoms with E-state index in [0.29, 0.717) is 43.3 Å². The van der Waals surface area contributed by atoms with Gasteiger partial charge in [0.1, 0.15) is 17.2 Å². The summed E-state index contributed by atoms with van der Waals surface area (Å²) < 4.78 is 65.3. The van der Waals surface area contributed by atoms with Crippen LogP contribution in [0.15, 0.2) is 30.6 Å². The lowest BCUT2D eigenvalue weighted by atomic mass is 9.91. The lowest BCUT2D eigenvalue weighted by molar-refractivity contribution is -0.212. The Labute approximate surface area is 183 Å². The summed E-state index contributed by atoms with van der Waals surface area (Å²) in [7, 11) is 0. The minimum Gasteiger partial charge on any atom is -0.368 e. The van der Waals surface area contributed by atoms with E-state index in [1.54, 1.807) is 22.6 Å². The smallest absolute Gasteiger partial charge is 0.368 e. The molecular formula is C19H18ClF5N6O. The maximum Gasteiger partial charge on any atom is 0.504 e. The third-order valence-corrected chi connectivity index (χ3v) is 5.60. The Hall–Kier alpha value is -2.89. The summed E-state index contributed by atoms with van der Waals surface area (Å²) in [5.41, 5.74) is -0.244. The first-order chi connectivity index (χ1) is 15.1. The summed E-state index contributed by atoms with van der Waals surface area (Å²) in [5.74, 6) is -0.0923. The van der Waals surface area contributed by atoms with Crippen LogP contribution in [0.1, 0.15) is 48.2 Å². The molecule has 0 unspecified atom stereocenters. The third kappa shape index (κ3) is 4.64. The molecule has 1 aliphatic carbocycles. The fourth-order valence-corrected chi connectivity index (χ4v) is 3.96. The first-order valence-corrected chi connectivity index (χ1v) is 10.2. The average Bonchev–Trinajstić information content (AvgIpc) is 3.34. The number of hydrogen-bond acceptors (Lipinski definition) is 4. The molecule has 3 aromatic rings. The monoisotopic (exact) mass is 476 g/mol. The van der Waals surface area contributed by atoms with Gasteiger partial charge in [0, 0.05) is 24.5 Å². The number of fused-ring (bicyclic) bond motifs is 1. The summed E-state index contributed by atoms with van der Waals surface area (Å²) in [4.78, 5) is 16.2. The number of aromatic nitrogens is 4. The molecule has 13 heteroatoms. The van der Waals surface area contributed by atoms with Gasteiger partial charge in [0.15, 0.2) is 5.15 Å². The van der Waals surface area contributed by atoms with Crippen molar-refractivity contribution in [2.45, 2.75) is 50.5 Å². The van der Waals surface area contributed by atoms with Gasteiger partial charge >= 0.3 is 6.30 Å². The molecule has 1 saturated carbocycles. The van der Waals surface area contributed by atoms with Crippen LogP contribution in [0, 0.1) is 0 Å². The van der Waals surface area contributed by atoms with E-state index in [4.69, 9.17) is 11.6 Å². The van der Waals surface area contributed by atoms with Gasteiger partial charge in [-0.05, 0) is 37.8 Å². The topological polar surface area (TPSA) is 76.2 Å². The molecule has 3 aromatic heterocycles. The molecule has 1 amide bonds. The maximum atomic E-state index is 13.0. The van der Waals surface area contributed by atoms with E-state index in [1.807, 2.05) is 0 Å². The van der Waals surface area contributed by atoms with Crippen molar-refractivity contribution < 1.29 is 26.7 Å². The van der Waals surface area contributed by atoms with Crippen LogP contribution in [0.5, 0.6) is 0 Å². The highest BCUT2D eigenvalue weighted by Crippen LogP contribution is 2.27. The Morgan fingerprint density at radius 3 is 2.44 bits per heavy atom. The SMILES string of the molecule is O=C(NC1CCC(Nc2cccc3nc(C(F)F)cn23)CC1)c1cn(C(F)(F)F)nc1Cl. The van der Waals surface area contributed by atoms with Crippen LogP contribution >= 0.6 is 11.6 Å². The second kappa shape index (κ2) is 8.57. The fraction of sp³-hybridized carbons (Fsp3) is 0.421. The lowest BCUT2D eigenvalue weighted by Crippen LogP contribution is -2.40. The molecule has 7 nitrogen and oxygen atoms in total. The summed E-state index contributed by atoms with van der Waals surface area (Å²) in [5, 5.41) is 8.62. The number of anilines is 1. The van der Waals surface area contributed by atoms with E-state index in [-0.39, 0.29) is 28.0 Å². The van der Waals surface area contributed by atoms with E-state index in [1.165, 1.54) is 6.20 Å². The lowest BCUT2D eigenvalue weighted by Gasteiger charge is -2.30. The molecule has 0 bridgehead atoms. The zero-order valence-corrected chi connectivity index (χ0v) is 17.2. The number of nitrogens with zero attached hydrogens (tertiary/aromatic N) is 4. The Bertz CT molecular complexity index is 1120. The third-order valence-electron chi connectivity index (χ3n) is 5.32. The number of pyridine rings is 1. The van der Waals surface area contributed by atoms with Crippen LogP contribution in [0.4, 0.5) is 27.8 Å². The first-order valence-electron chi connectivity index (χ1n) is 9.77. The van der Waals surface area contributed by atoms with Crippen molar-refractivity contribution in [3.8, 4) is 0 Å². The molecule has 0 atom stereocenters. The zero-order valence-electron chi connectivity index (χ0n) is 16.4. The number of amides is 1. The molecule has 4 rings (SSSR count). The summed E-state index contributed by atoms with van der Waals surface area (Å²) in [6.07, 6.45) is -3.10. The predicted octanol–water partition coefficient (Wildman–Crippen LogP) is 4.75. The van der Waals surface area contributed by atoms with Crippen molar-refractivity contribution in [1.82, 2.24) is 24.5 Å². The molecule has 1 aliphatic rings. The molecule has 172 valence electrons. The van der Waals surface area contributed by atoms with Gasteiger partial charge in [-0.3, -0.25) is 9.20 Å². The second-order valence-electron chi connectivity index (χ2n) is 7.52. The summed E-state index contributed by atoms with van der Waals surface area (Å²) in [6, 6.07) is 4.91. The number of rotatable bonds is 5. The van der Waals surface area contributed by atoms with Gasteiger partial charge in [0.05, 0.1) is 5.56 Å². The molecule has 2 N–H and O–H groups in total. The summed E-state index contributed by atoms with van der Waals surface area (Å²) in [6.45, 7) is 0. The minimum absolute atomic E-state index is 0.0303. The van der Waals surface area contributed by atoms with Crippen molar-refractivity contribution in [2.24, 2.45) is 0 Å². The normalized spacial score (nSPS) is 19.5. The minimum atomic E-state index is -4.76. The maximum absolute atomic E-state index is 13.0. The van der Waals surface area contributed by atoms with Gasteiger partial charge < -0.3 is 10.6 Å². The van der Waals surface area contributed by atoms with Crippen LogP contribution in [-0.2, 0) is 6.30 Å². The first kappa shape index (κ1) is 22.3. The number of imidazole rings is 1. The van der Waals surface area contributed by atoms with Crippen molar-refractivity contribution in [3.05, 3.63) is 47.0 Å². The molecule has 3 heterocycles. The average molecular weight is 477 g/mol. The number of carbonyl (C=O) groups excluding carboxylic acids is 1. The molecule has 0 spiro atoms. The molecule has 0 aliphatic heterocycles. The standard InChI is InChI=1S/C19H18ClF5N6O/c20-16-12(8-31(29-16)19(23,24)25)18(32)27-11-6-4-10(5-7-11)26-14-2-1-3-15-28-13(17(21)22)9-30(14)15/h1-3,8-11,17,26H,4-7H2,(H,27,32). The van der Waals surface area contributed by atoms with Gasteiger partial charge in [0.25, 0.3) is 12.3 Å². The van der Waals surface area contributed by atoms with Gasteiger partial charge in [-0.1, -0.05) is 17.7 Å². The van der Waals surface area contributed by atoms with Crippen molar-refractivity contribution in [3.63, 3.8) is 0 Å². The van der Waals surface area contributed by atoms with Crippen LogP contribution in [0.25, 0.3) is 5.65 Å². The fourth-order valence-electron chi connectivity index (χ4n) is 3.74. The van der Waals surface area contributed by atoms with Crippen molar-refractivity contribution in [2.75, 3.05) is 5.32 Å².